The number of nitrogens with zero attached hydrogens (tertiary/aromatic N) is 2. The number of hydrogen-bond acceptors (Lipinski definition) is 5. The average molecular weight is 326 g/mol. The molecule has 1 aromatic carbocycles. The normalized spacial score (nSPS) is 12.2. The van der Waals surface area contributed by atoms with Gasteiger partial charge in [0.05, 0.1) is 11.6 Å². The van der Waals surface area contributed by atoms with Crippen molar-refractivity contribution in [2.75, 3.05) is 0 Å². The van der Waals surface area contributed by atoms with Crippen LogP contribution < -0.4 is 5.56 Å². The Bertz CT molecular complexity index is 912. The third-order valence-corrected chi connectivity index (χ3v) is 3.78. The van der Waals surface area contributed by atoms with E-state index in [0.29, 0.717) is 23.5 Å². The molecule has 1 atom stereocenters. The van der Waals surface area contributed by atoms with E-state index < -0.39 is 0 Å². The van der Waals surface area contributed by atoms with Crippen molar-refractivity contribution in [3.63, 3.8) is 0 Å². The SMILES string of the molecule is CC[C@H](C(=O)OCc1cc(=O)n2oc(C)cc2n1)c1ccccc1. The molecule has 2 heterocycles. The van der Waals surface area contributed by atoms with E-state index in [9.17, 15) is 9.59 Å². The van der Waals surface area contributed by atoms with Crippen LogP contribution in [0.3, 0.4) is 0 Å². The number of fused-ring (bicyclic) bond motifs is 1. The van der Waals surface area contributed by atoms with E-state index in [-0.39, 0.29) is 24.1 Å². The molecule has 0 saturated carbocycles. The van der Waals surface area contributed by atoms with Crippen LogP contribution in [0.5, 0.6) is 0 Å². The van der Waals surface area contributed by atoms with Crippen molar-refractivity contribution < 1.29 is 14.1 Å². The highest BCUT2D eigenvalue weighted by molar-refractivity contribution is 5.78. The van der Waals surface area contributed by atoms with Crippen LogP contribution in [0, 0.1) is 6.92 Å². The maximum atomic E-state index is 12.3. The van der Waals surface area contributed by atoms with Crippen molar-refractivity contribution in [2.24, 2.45) is 0 Å². The molecular weight excluding hydrogens is 308 g/mol. The molecule has 0 aliphatic carbocycles. The van der Waals surface area contributed by atoms with Gasteiger partial charge >= 0.3 is 5.97 Å². The predicted molar refractivity (Wildman–Crippen MR) is 87.7 cm³/mol. The third-order valence-electron chi connectivity index (χ3n) is 3.78. The second kappa shape index (κ2) is 6.70. The molecule has 124 valence electrons. The number of aryl methyl sites for hydroxylation is 1. The average Bonchev–Trinajstić information content (AvgIpc) is 2.95. The van der Waals surface area contributed by atoms with Crippen molar-refractivity contribution >= 4 is 11.6 Å². The quantitative estimate of drug-likeness (QED) is 0.674. The van der Waals surface area contributed by atoms with Crippen LogP contribution in [0.1, 0.15) is 36.3 Å². The number of esters is 1. The largest absolute Gasteiger partial charge is 0.459 e. The first-order chi connectivity index (χ1) is 11.6. The van der Waals surface area contributed by atoms with Gasteiger partial charge in [-0.1, -0.05) is 37.3 Å². The molecular formula is C18H18N2O4. The van der Waals surface area contributed by atoms with Gasteiger partial charge in [-0.15, -0.1) is 4.57 Å². The second-order valence-corrected chi connectivity index (χ2v) is 5.56. The van der Waals surface area contributed by atoms with Gasteiger partial charge in [0, 0.05) is 12.1 Å². The highest BCUT2D eigenvalue weighted by atomic mass is 16.5. The number of aromatic nitrogens is 2. The van der Waals surface area contributed by atoms with Gasteiger partial charge < -0.3 is 9.26 Å². The van der Waals surface area contributed by atoms with Crippen LogP contribution >= 0.6 is 0 Å². The van der Waals surface area contributed by atoms with Gasteiger partial charge in [-0.3, -0.25) is 9.59 Å². The third kappa shape index (κ3) is 3.22. The minimum absolute atomic E-state index is 0.0435. The molecule has 0 unspecified atom stereocenters. The van der Waals surface area contributed by atoms with Gasteiger partial charge in [0.1, 0.15) is 12.4 Å². The molecule has 0 N–H and O–H groups in total. The molecule has 0 bridgehead atoms. The van der Waals surface area contributed by atoms with Crippen molar-refractivity contribution in [3.05, 3.63) is 69.8 Å². The van der Waals surface area contributed by atoms with Crippen LogP contribution in [0.15, 0.2) is 51.8 Å². The molecule has 0 aliphatic rings. The van der Waals surface area contributed by atoms with Gasteiger partial charge in [0.2, 0.25) is 0 Å². The molecule has 0 amide bonds. The first-order valence-corrected chi connectivity index (χ1v) is 7.79. The molecule has 3 aromatic rings. The fourth-order valence-corrected chi connectivity index (χ4v) is 2.62. The highest BCUT2D eigenvalue weighted by Crippen LogP contribution is 2.21. The Morgan fingerprint density at radius 3 is 2.75 bits per heavy atom. The number of carbonyl (C=O) groups excluding carboxylic acids is 1. The zero-order valence-corrected chi connectivity index (χ0v) is 13.6. The Balaban J connectivity index is 1.75. The number of carbonyl (C=O) groups is 1. The first kappa shape index (κ1) is 16.0. The van der Waals surface area contributed by atoms with E-state index in [4.69, 9.17) is 9.26 Å². The Labute approximate surface area is 138 Å². The Kier molecular flexibility index (Phi) is 4.46. The molecule has 0 spiro atoms. The zero-order valence-electron chi connectivity index (χ0n) is 13.6. The van der Waals surface area contributed by atoms with Gasteiger partial charge in [-0.2, -0.15) is 0 Å². The molecule has 6 heteroatoms. The summed E-state index contributed by atoms with van der Waals surface area (Å²) in [5.41, 5.74) is 1.38. The van der Waals surface area contributed by atoms with E-state index in [1.165, 1.54) is 6.07 Å². The topological polar surface area (TPSA) is 73.8 Å². The van der Waals surface area contributed by atoms with Crippen molar-refractivity contribution in [3.8, 4) is 0 Å². The molecule has 0 aliphatic heterocycles. The van der Waals surface area contributed by atoms with Crippen molar-refractivity contribution in [1.82, 2.24) is 9.56 Å². The second-order valence-electron chi connectivity index (χ2n) is 5.56. The van der Waals surface area contributed by atoms with E-state index in [0.717, 1.165) is 10.1 Å². The maximum Gasteiger partial charge on any atom is 0.313 e. The van der Waals surface area contributed by atoms with Crippen LogP contribution in [0.4, 0.5) is 0 Å². The fraction of sp³-hybridized carbons (Fsp3) is 0.278. The van der Waals surface area contributed by atoms with Gasteiger partial charge in [-0.25, -0.2) is 4.98 Å². The Morgan fingerprint density at radius 1 is 1.29 bits per heavy atom. The lowest BCUT2D eigenvalue weighted by Gasteiger charge is -2.14. The number of benzene rings is 1. The fourth-order valence-electron chi connectivity index (χ4n) is 2.62. The van der Waals surface area contributed by atoms with Crippen molar-refractivity contribution in [2.45, 2.75) is 32.8 Å². The van der Waals surface area contributed by atoms with Gasteiger partial charge in [-0.05, 0) is 18.9 Å². The summed E-state index contributed by atoms with van der Waals surface area (Å²) in [5.74, 6) is -0.0647. The molecule has 0 fully saturated rings. The Morgan fingerprint density at radius 2 is 2.04 bits per heavy atom. The predicted octanol–water partition coefficient (Wildman–Crippen LogP) is 2.83. The van der Waals surface area contributed by atoms with Crippen LogP contribution in [-0.4, -0.2) is 15.5 Å². The number of rotatable bonds is 5. The lowest BCUT2D eigenvalue weighted by atomic mass is 9.97. The molecule has 6 nitrogen and oxygen atoms in total. The summed E-state index contributed by atoms with van der Waals surface area (Å²) in [5, 5.41) is 0. The summed E-state index contributed by atoms with van der Waals surface area (Å²) < 4.78 is 11.7. The van der Waals surface area contributed by atoms with E-state index in [2.05, 4.69) is 4.98 Å². The lowest BCUT2D eigenvalue weighted by Crippen LogP contribution is -2.18. The zero-order chi connectivity index (χ0) is 17.1. The lowest BCUT2D eigenvalue weighted by molar-refractivity contribution is -0.147. The van der Waals surface area contributed by atoms with Crippen LogP contribution in [0.25, 0.3) is 5.65 Å². The minimum Gasteiger partial charge on any atom is -0.459 e. The summed E-state index contributed by atoms with van der Waals surface area (Å²) in [6.45, 7) is 3.63. The maximum absolute atomic E-state index is 12.3. The summed E-state index contributed by atoms with van der Waals surface area (Å²) in [4.78, 5) is 28.6. The summed E-state index contributed by atoms with van der Waals surface area (Å²) in [7, 11) is 0. The summed E-state index contributed by atoms with van der Waals surface area (Å²) in [6, 6.07) is 12.5. The number of ether oxygens (including phenoxy) is 1. The smallest absolute Gasteiger partial charge is 0.313 e. The summed E-state index contributed by atoms with van der Waals surface area (Å²) >= 11 is 0. The highest BCUT2D eigenvalue weighted by Gasteiger charge is 2.20. The van der Waals surface area contributed by atoms with Crippen LogP contribution in [-0.2, 0) is 16.1 Å². The molecule has 0 radical (unpaired) electrons. The molecule has 0 saturated heterocycles. The Hall–Kier alpha value is -2.89. The van der Waals surface area contributed by atoms with E-state index in [1.807, 2.05) is 37.3 Å². The van der Waals surface area contributed by atoms with Gasteiger partial charge in [0.25, 0.3) is 5.56 Å². The minimum atomic E-state index is -0.339. The summed E-state index contributed by atoms with van der Waals surface area (Å²) in [6.07, 6.45) is 0.638. The van der Waals surface area contributed by atoms with Crippen molar-refractivity contribution in [1.29, 1.82) is 0 Å². The van der Waals surface area contributed by atoms with E-state index >= 15 is 0 Å². The molecule has 3 rings (SSSR count). The standard InChI is InChI=1S/C18H18N2O4/c1-3-15(13-7-5-4-6-8-13)18(22)23-11-14-10-17(21)20-16(19-14)9-12(2)24-20/h4-10,15H,3,11H2,1-2H3/t15-/m0/s1. The van der Waals surface area contributed by atoms with E-state index in [1.54, 1.807) is 13.0 Å². The number of hydrogen-bond donors (Lipinski definition) is 0. The van der Waals surface area contributed by atoms with Gasteiger partial charge in [0.15, 0.2) is 5.65 Å². The molecule has 24 heavy (non-hydrogen) atoms. The molecule has 2 aromatic heterocycles. The monoisotopic (exact) mass is 326 g/mol. The van der Waals surface area contributed by atoms with Crippen LogP contribution in [0.2, 0.25) is 0 Å². The first-order valence-electron chi connectivity index (χ1n) is 7.79.